The maximum Gasteiger partial charge on any atom is 0.271 e. The first kappa shape index (κ1) is 15.9. The molecule has 0 spiro atoms. The molecule has 0 saturated carbocycles. The Hall–Kier alpha value is -1.53. The third-order valence-corrected chi connectivity index (χ3v) is 3.88. The van der Waals surface area contributed by atoms with Gasteiger partial charge in [-0.05, 0) is 38.8 Å². The number of rotatable bonds is 6. The van der Waals surface area contributed by atoms with Crippen molar-refractivity contribution >= 4 is 5.91 Å². The van der Waals surface area contributed by atoms with E-state index in [1.807, 2.05) is 6.92 Å². The van der Waals surface area contributed by atoms with Crippen molar-refractivity contribution in [2.45, 2.75) is 19.8 Å². The van der Waals surface area contributed by atoms with Gasteiger partial charge in [-0.2, -0.15) is 0 Å². The number of nitrogens with zero attached hydrogens (tertiary/aromatic N) is 3. The van der Waals surface area contributed by atoms with Crippen LogP contribution < -0.4 is 5.32 Å². The summed E-state index contributed by atoms with van der Waals surface area (Å²) in [5.41, 5.74) is 1.20. The van der Waals surface area contributed by atoms with Gasteiger partial charge in [0, 0.05) is 26.4 Å². The lowest BCUT2D eigenvalue weighted by atomic mass is 9.97. The largest absolute Gasteiger partial charge is 0.383 e. The summed E-state index contributed by atoms with van der Waals surface area (Å²) >= 11 is 0. The van der Waals surface area contributed by atoms with Gasteiger partial charge in [-0.15, -0.1) is 0 Å². The molecular weight excluding hydrogens is 268 g/mol. The molecule has 6 heteroatoms. The molecule has 1 aliphatic rings. The second-order valence-corrected chi connectivity index (χ2v) is 5.53. The van der Waals surface area contributed by atoms with Crippen molar-refractivity contribution in [3.05, 3.63) is 23.8 Å². The van der Waals surface area contributed by atoms with Gasteiger partial charge in [0.15, 0.2) is 0 Å². The average molecular weight is 292 g/mol. The molecule has 0 bridgehead atoms. The average Bonchev–Trinajstić information content (AvgIpc) is 2.52. The Morgan fingerprint density at radius 2 is 2.14 bits per heavy atom. The number of piperidine rings is 1. The van der Waals surface area contributed by atoms with Crippen LogP contribution in [0.2, 0.25) is 0 Å². The van der Waals surface area contributed by atoms with E-state index in [1.54, 1.807) is 13.3 Å². The van der Waals surface area contributed by atoms with E-state index in [9.17, 15) is 4.79 Å². The molecule has 0 unspecified atom stereocenters. The van der Waals surface area contributed by atoms with Gasteiger partial charge in [0.2, 0.25) is 0 Å². The Morgan fingerprint density at radius 1 is 1.38 bits per heavy atom. The first-order valence-electron chi connectivity index (χ1n) is 7.47. The number of hydrogen-bond donors (Lipinski definition) is 1. The lowest BCUT2D eigenvalue weighted by molar-refractivity contribution is 0.0921. The van der Waals surface area contributed by atoms with Gasteiger partial charge in [0.1, 0.15) is 5.69 Å². The summed E-state index contributed by atoms with van der Waals surface area (Å²) in [7, 11) is 1.73. The van der Waals surface area contributed by atoms with E-state index in [2.05, 4.69) is 20.2 Å². The zero-order valence-electron chi connectivity index (χ0n) is 12.8. The zero-order valence-corrected chi connectivity index (χ0v) is 12.8. The molecular formula is C15H24N4O2. The molecule has 1 aromatic rings. The molecule has 1 aliphatic heterocycles. The number of aryl methyl sites for hydroxylation is 1. The third kappa shape index (κ3) is 5.06. The maximum atomic E-state index is 12.0. The standard InChI is InChI=1S/C15H24N4O2/c1-12-9-17-14(11-16-12)15(20)18-10-13-3-5-19(6-4-13)7-8-21-2/h9,11,13H,3-8,10H2,1-2H3,(H,18,20). The molecule has 1 amide bonds. The van der Waals surface area contributed by atoms with Crippen molar-refractivity contribution < 1.29 is 9.53 Å². The molecule has 0 aliphatic carbocycles. The van der Waals surface area contributed by atoms with Gasteiger partial charge in [-0.3, -0.25) is 9.78 Å². The molecule has 0 radical (unpaired) electrons. The molecule has 21 heavy (non-hydrogen) atoms. The minimum Gasteiger partial charge on any atom is -0.383 e. The molecule has 0 aromatic carbocycles. The second-order valence-electron chi connectivity index (χ2n) is 5.53. The number of hydrogen-bond acceptors (Lipinski definition) is 5. The van der Waals surface area contributed by atoms with Gasteiger partial charge in [-0.1, -0.05) is 0 Å². The monoisotopic (exact) mass is 292 g/mol. The number of carbonyl (C=O) groups excluding carboxylic acids is 1. The Kier molecular flexibility index (Phi) is 6.07. The van der Waals surface area contributed by atoms with Crippen LogP contribution in [0, 0.1) is 12.8 Å². The number of carbonyl (C=O) groups is 1. The molecule has 1 N–H and O–H groups in total. The van der Waals surface area contributed by atoms with E-state index in [4.69, 9.17) is 4.74 Å². The molecule has 6 nitrogen and oxygen atoms in total. The quantitative estimate of drug-likeness (QED) is 0.843. The summed E-state index contributed by atoms with van der Waals surface area (Å²) in [5, 5.41) is 2.96. The fraction of sp³-hybridized carbons (Fsp3) is 0.667. The van der Waals surface area contributed by atoms with Crippen molar-refractivity contribution in [1.29, 1.82) is 0 Å². The SMILES string of the molecule is COCCN1CCC(CNC(=O)c2cnc(C)cn2)CC1. The van der Waals surface area contributed by atoms with E-state index < -0.39 is 0 Å². The molecule has 2 heterocycles. The van der Waals surface area contributed by atoms with Crippen LogP contribution >= 0.6 is 0 Å². The lowest BCUT2D eigenvalue weighted by Crippen LogP contribution is -2.40. The molecule has 116 valence electrons. The van der Waals surface area contributed by atoms with Crippen LogP contribution in [0.15, 0.2) is 12.4 Å². The van der Waals surface area contributed by atoms with Crippen molar-refractivity contribution in [1.82, 2.24) is 20.2 Å². The Morgan fingerprint density at radius 3 is 2.76 bits per heavy atom. The van der Waals surface area contributed by atoms with Crippen molar-refractivity contribution in [3.63, 3.8) is 0 Å². The zero-order chi connectivity index (χ0) is 15.1. The number of nitrogens with one attached hydrogen (secondary N) is 1. The van der Waals surface area contributed by atoms with Crippen LogP contribution in [0.4, 0.5) is 0 Å². The van der Waals surface area contributed by atoms with Gasteiger partial charge < -0.3 is 15.0 Å². The van der Waals surface area contributed by atoms with Gasteiger partial charge >= 0.3 is 0 Å². The highest BCUT2D eigenvalue weighted by molar-refractivity contribution is 5.91. The first-order chi connectivity index (χ1) is 10.2. The lowest BCUT2D eigenvalue weighted by Gasteiger charge is -2.31. The summed E-state index contributed by atoms with van der Waals surface area (Å²) in [6.45, 7) is 6.50. The summed E-state index contributed by atoms with van der Waals surface area (Å²) in [6, 6.07) is 0. The highest BCUT2D eigenvalue weighted by Gasteiger charge is 2.19. The Labute approximate surface area is 125 Å². The van der Waals surface area contributed by atoms with Crippen molar-refractivity contribution in [2.75, 3.05) is 39.9 Å². The Balaban J connectivity index is 1.69. The smallest absolute Gasteiger partial charge is 0.271 e. The fourth-order valence-electron chi connectivity index (χ4n) is 2.47. The highest BCUT2D eigenvalue weighted by Crippen LogP contribution is 2.16. The summed E-state index contributed by atoms with van der Waals surface area (Å²) in [4.78, 5) is 22.6. The van der Waals surface area contributed by atoms with E-state index in [1.165, 1.54) is 6.20 Å². The van der Waals surface area contributed by atoms with E-state index >= 15 is 0 Å². The van der Waals surface area contributed by atoms with E-state index in [-0.39, 0.29) is 5.91 Å². The van der Waals surface area contributed by atoms with Gasteiger partial charge in [-0.25, -0.2) is 4.98 Å². The van der Waals surface area contributed by atoms with Crippen LogP contribution in [0.5, 0.6) is 0 Å². The number of amides is 1. The topological polar surface area (TPSA) is 67.3 Å². The molecule has 1 fully saturated rings. The number of methoxy groups -OCH3 is 1. The van der Waals surface area contributed by atoms with Crippen LogP contribution in [0.1, 0.15) is 29.0 Å². The fourth-order valence-corrected chi connectivity index (χ4v) is 2.47. The predicted octanol–water partition coefficient (Wildman–Crippen LogP) is 0.873. The van der Waals surface area contributed by atoms with Crippen LogP contribution in [-0.2, 0) is 4.74 Å². The summed E-state index contributed by atoms with van der Waals surface area (Å²) < 4.78 is 5.10. The second kappa shape index (κ2) is 8.05. The summed E-state index contributed by atoms with van der Waals surface area (Å²) in [5.74, 6) is 0.412. The maximum absolute atomic E-state index is 12.0. The summed E-state index contributed by atoms with van der Waals surface area (Å²) in [6.07, 6.45) is 5.37. The molecule has 1 aromatic heterocycles. The predicted molar refractivity (Wildman–Crippen MR) is 80.1 cm³/mol. The van der Waals surface area contributed by atoms with Crippen LogP contribution in [0.3, 0.4) is 0 Å². The van der Waals surface area contributed by atoms with Gasteiger partial charge in [0.25, 0.3) is 5.91 Å². The van der Waals surface area contributed by atoms with E-state index in [0.29, 0.717) is 18.2 Å². The van der Waals surface area contributed by atoms with Crippen LogP contribution in [0.25, 0.3) is 0 Å². The van der Waals surface area contributed by atoms with Crippen molar-refractivity contribution in [3.8, 4) is 0 Å². The minimum atomic E-state index is -0.135. The van der Waals surface area contributed by atoms with Crippen molar-refractivity contribution in [2.24, 2.45) is 5.92 Å². The Bertz CT molecular complexity index is 441. The molecule has 0 atom stereocenters. The van der Waals surface area contributed by atoms with Gasteiger partial charge in [0.05, 0.1) is 18.5 Å². The first-order valence-corrected chi connectivity index (χ1v) is 7.47. The third-order valence-electron chi connectivity index (χ3n) is 3.88. The number of likely N-dealkylation sites (tertiary alicyclic amines) is 1. The number of aromatic nitrogens is 2. The number of ether oxygens (including phenoxy) is 1. The van der Waals surface area contributed by atoms with E-state index in [0.717, 1.165) is 44.8 Å². The molecule has 1 saturated heterocycles. The normalized spacial score (nSPS) is 16.9. The molecule has 2 rings (SSSR count). The highest BCUT2D eigenvalue weighted by atomic mass is 16.5. The minimum absolute atomic E-state index is 0.135. The van der Waals surface area contributed by atoms with Crippen LogP contribution in [-0.4, -0.2) is 60.7 Å².